The zero-order chi connectivity index (χ0) is 15.6. The Balaban J connectivity index is 2.28. The summed E-state index contributed by atoms with van der Waals surface area (Å²) in [5, 5.41) is 3.28. The standard InChI is InChI=1S/C15H23FN2O2S/c1-11(2)10-18(3)21(19,20)15-8-13(16)5-4-12(15)9-17-14-6-7-14/h4-5,8,11,14,17H,6-7,9-10H2,1-3H3. The first-order valence-electron chi connectivity index (χ1n) is 7.29. The zero-order valence-electron chi connectivity index (χ0n) is 12.8. The predicted molar refractivity (Wildman–Crippen MR) is 80.9 cm³/mol. The molecule has 118 valence electrons. The van der Waals surface area contributed by atoms with Gasteiger partial charge in [0.25, 0.3) is 0 Å². The van der Waals surface area contributed by atoms with Crippen LogP contribution in [0, 0.1) is 11.7 Å². The van der Waals surface area contributed by atoms with Crippen LogP contribution in [0.2, 0.25) is 0 Å². The lowest BCUT2D eigenvalue weighted by Gasteiger charge is -2.21. The molecule has 0 heterocycles. The second-order valence-corrected chi connectivity index (χ2v) is 8.10. The molecular formula is C15H23FN2O2S. The van der Waals surface area contributed by atoms with Crippen LogP contribution in [0.25, 0.3) is 0 Å². The third-order valence-electron chi connectivity index (χ3n) is 3.50. The van der Waals surface area contributed by atoms with Gasteiger partial charge < -0.3 is 5.32 Å². The summed E-state index contributed by atoms with van der Waals surface area (Å²) in [6, 6.07) is 4.46. The van der Waals surface area contributed by atoms with Crippen LogP contribution in [0.3, 0.4) is 0 Å². The fourth-order valence-electron chi connectivity index (χ4n) is 2.24. The van der Waals surface area contributed by atoms with Crippen LogP contribution in [0.4, 0.5) is 4.39 Å². The van der Waals surface area contributed by atoms with E-state index < -0.39 is 15.8 Å². The average molecular weight is 314 g/mol. The van der Waals surface area contributed by atoms with Gasteiger partial charge in [0.15, 0.2) is 0 Å². The third kappa shape index (κ3) is 4.25. The minimum Gasteiger partial charge on any atom is -0.310 e. The van der Waals surface area contributed by atoms with E-state index in [1.54, 1.807) is 13.1 Å². The molecule has 0 atom stereocenters. The Morgan fingerprint density at radius 1 is 1.38 bits per heavy atom. The molecule has 1 aromatic rings. The van der Waals surface area contributed by atoms with Crippen LogP contribution in [0.1, 0.15) is 32.3 Å². The van der Waals surface area contributed by atoms with Crippen molar-refractivity contribution in [2.75, 3.05) is 13.6 Å². The van der Waals surface area contributed by atoms with Crippen molar-refractivity contribution in [1.82, 2.24) is 9.62 Å². The van der Waals surface area contributed by atoms with E-state index in [2.05, 4.69) is 5.32 Å². The highest BCUT2D eigenvalue weighted by molar-refractivity contribution is 7.89. The molecule has 1 aliphatic carbocycles. The number of hydrogen-bond acceptors (Lipinski definition) is 3. The van der Waals surface area contributed by atoms with Gasteiger partial charge in [0.05, 0.1) is 4.90 Å². The Hall–Kier alpha value is -0.980. The number of hydrogen-bond donors (Lipinski definition) is 1. The van der Waals surface area contributed by atoms with Gasteiger partial charge >= 0.3 is 0 Å². The molecule has 0 radical (unpaired) electrons. The molecule has 0 spiro atoms. The Morgan fingerprint density at radius 2 is 2.05 bits per heavy atom. The molecule has 1 aliphatic rings. The second kappa shape index (κ2) is 6.42. The maximum Gasteiger partial charge on any atom is 0.243 e. The highest BCUT2D eigenvalue weighted by Crippen LogP contribution is 2.24. The van der Waals surface area contributed by atoms with Gasteiger partial charge in [-0.05, 0) is 36.5 Å². The van der Waals surface area contributed by atoms with E-state index in [1.807, 2.05) is 13.8 Å². The first-order valence-corrected chi connectivity index (χ1v) is 8.73. The van der Waals surface area contributed by atoms with E-state index in [0.717, 1.165) is 18.9 Å². The first kappa shape index (κ1) is 16.4. The Bertz CT molecular complexity index is 598. The number of nitrogens with zero attached hydrogens (tertiary/aromatic N) is 1. The van der Waals surface area contributed by atoms with Crippen LogP contribution >= 0.6 is 0 Å². The molecule has 6 heteroatoms. The van der Waals surface area contributed by atoms with Crippen LogP contribution in [0.5, 0.6) is 0 Å². The lowest BCUT2D eigenvalue weighted by Crippen LogP contribution is -2.31. The van der Waals surface area contributed by atoms with E-state index in [-0.39, 0.29) is 10.8 Å². The van der Waals surface area contributed by atoms with Gasteiger partial charge in [0.2, 0.25) is 10.0 Å². The van der Waals surface area contributed by atoms with Gasteiger partial charge in [0, 0.05) is 26.2 Å². The SMILES string of the molecule is CC(C)CN(C)S(=O)(=O)c1cc(F)ccc1CNC1CC1. The quantitative estimate of drug-likeness (QED) is 0.840. The monoisotopic (exact) mass is 314 g/mol. The summed E-state index contributed by atoms with van der Waals surface area (Å²) >= 11 is 0. The summed E-state index contributed by atoms with van der Waals surface area (Å²) in [7, 11) is -2.12. The van der Waals surface area contributed by atoms with Gasteiger partial charge in [-0.2, -0.15) is 0 Å². The van der Waals surface area contributed by atoms with Crippen molar-refractivity contribution in [2.24, 2.45) is 5.92 Å². The average Bonchev–Trinajstić information content (AvgIpc) is 3.20. The number of sulfonamides is 1. The summed E-state index contributed by atoms with van der Waals surface area (Å²) in [4.78, 5) is 0.0683. The normalized spacial score (nSPS) is 15.9. The molecule has 1 fully saturated rings. The van der Waals surface area contributed by atoms with E-state index in [0.29, 0.717) is 24.7 Å². The Labute approximate surface area is 126 Å². The van der Waals surface area contributed by atoms with Gasteiger partial charge in [-0.25, -0.2) is 17.1 Å². The molecule has 0 aliphatic heterocycles. The minimum absolute atomic E-state index is 0.0683. The number of benzene rings is 1. The molecule has 2 rings (SSSR count). The molecule has 0 unspecified atom stereocenters. The largest absolute Gasteiger partial charge is 0.310 e. The molecular weight excluding hydrogens is 291 g/mol. The summed E-state index contributed by atoms with van der Waals surface area (Å²) in [5.41, 5.74) is 0.624. The molecule has 1 saturated carbocycles. The molecule has 1 N–H and O–H groups in total. The maximum atomic E-state index is 13.5. The first-order chi connectivity index (χ1) is 9.80. The molecule has 0 bridgehead atoms. The van der Waals surface area contributed by atoms with Crippen molar-refractivity contribution in [1.29, 1.82) is 0 Å². The smallest absolute Gasteiger partial charge is 0.243 e. The summed E-state index contributed by atoms with van der Waals surface area (Å²) in [6.07, 6.45) is 2.24. The van der Waals surface area contributed by atoms with Crippen molar-refractivity contribution in [3.63, 3.8) is 0 Å². The maximum absolute atomic E-state index is 13.5. The van der Waals surface area contributed by atoms with Gasteiger partial charge in [-0.1, -0.05) is 19.9 Å². The third-order valence-corrected chi connectivity index (χ3v) is 5.40. The predicted octanol–water partition coefficient (Wildman–Crippen LogP) is 2.35. The van der Waals surface area contributed by atoms with Gasteiger partial charge in [0.1, 0.15) is 5.82 Å². The lowest BCUT2D eigenvalue weighted by atomic mass is 10.2. The van der Waals surface area contributed by atoms with Crippen LogP contribution in [-0.2, 0) is 16.6 Å². The zero-order valence-corrected chi connectivity index (χ0v) is 13.6. The molecule has 0 saturated heterocycles. The fraction of sp³-hybridized carbons (Fsp3) is 0.600. The number of rotatable bonds is 7. The van der Waals surface area contributed by atoms with E-state index in [4.69, 9.17) is 0 Å². The van der Waals surface area contributed by atoms with Crippen molar-refractivity contribution in [3.05, 3.63) is 29.6 Å². The molecule has 21 heavy (non-hydrogen) atoms. The molecule has 4 nitrogen and oxygen atoms in total. The van der Waals surface area contributed by atoms with Crippen LogP contribution in [0.15, 0.2) is 23.1 Å². The highest BCUT2D eigenvalue weighted by atomic mass is 32.2. The summed E-state index contributed by atoms with van der Waals surface area (Å²) < 4.78 is 40.1. The van der Waals surface area contributed by atoms with Crippen molar-refractivity contribution < 1.29 is 12.8 Å². The summed E-state index contributed by atoms with van der Waals surface area (Å²) in [5.74, 6) is -0.312. The highest BCUT2D eigenvalue weighted by Gasteiger charge is 2.26. The van der Waals surface area contributed by atoms with Crippen molar-refractivity contribution in [2.45, 2.75) is 44.2 Å². The lowest BCUT2D eigenvalue weighted by molar-refractivity contribution is 0.416. The van der Waals surface area contributed by atoms with E-state index >= 15 is 0 Å². The van der Waals surface area contributed by atoms with Crippen molar-refractivity contribution >= 4 is 10.0 Å². The second-order valence-electron chi connectivity index (χ2n) is 6.09. The van der Waals surface area contributed by atoms with Gasteiger partial charge in [-0.15, -0.1) is 0 Å². The Morgan fingerprint density at radius 3 is 2.62 bits per heavy atom. The number of nitrogens with one attached hydrogen (secondary N) is 1. The number of halogens is 1. The van der Waals surface area contributed by atoms with E-state index in [1.165, 1.54) is 10.4 Å². The van der Waals surface area contributed by atoms with Crippen LogP contribution < -0.4 is 5.32 Å². The summed E-state index contributed by atoms with van der Waals surface area (Å²) in [6.45, 7) is 4.77. The Kier molecular flexibility index (Phi) is 5.01. The minimum atomic E-state index is -3.66. The van der Waals surface area contributed by atoms with E-state index in [9.17, 15) is 12.8 Å². The fourth-order valence-corrected chi connectivity index (χ4v) is 3.80. The molecule has 0 aromatic heterocycles. The molecule has 0 amide bonds. The molecule has 1 aromatic carbocycles. The van der Waals surface area contributed by atoms with Gasteiger partial charge in [-0.3, -0.25) is 0 Å². The van der Waals surface area contributed by atoms with Crippen LogP contribution in [-0.4, -0.2) is 32.4 Å². The van der Waals surface area contributed by atoms with Crippen molar-refractivity contribution in [3.8, 4) is 0 Å². The topological polar surface area (TPSA) is 49.4 Å².